The minimum Gasteiger partial charge on any atom is -0.393 e. The summed E-state index contributed by atoms with van der Waals surface area (Å²) in [6, 6.07) is 0. The summed E-state index contributed by atoms with van der Waals surface area (Å²) in [5.41, 5.74) is 0. The highest BCUT2D eigenvalue weighted by Crippen LogP contribution is 2.23. The van der Waals surface area contributed by atoms with Crippen LogP contribution in [0.2, 0.25) is 0 Å². The lowest BCUT2D eigenvalue weighted by Crippen LogP contribution is -2.31. The Morgan fingerprint density at radius 3 is 2.82 bits per heavy atom. The van der Waals surface area contributed by atoms with Gasteiger partial charge in [0.05, 0.1) is 12.7 Å². The Hall–Kier alpha value is -0.120. The number of hydrogen-bond acceptors (Lipinski definition) is 3. The van der Waals surface area contributed by atoms with Crippen molar-refractivity contribution >= 4 is 0 Å². The number of rotatable bonds is 8. The molecule has 102 valence electrons. The molecule has 0 aromatic carbocycles. The van der Waals surface area contributed by atoms with Crippen LogP contribution in [0.25, 0.3) is 0 Å². The Labute approximate surface area is 106 Å². The lowest BCUT2D eigenvalue weighted by atomic mass is 9.87. The predicted octanol–water partition coefficient (Wildman–Crippen LogP) is 2.19. The van der Waals surface area contributed by atoms with Crippen LogP contribution in [0.3, 0.4) is 0 Å². The van der Waals surface area contributed by atoms with E-state index in [4.69, 9.17) is 4.74 Å². The Morgan fingerprint density at radius 1 is 1.29 bits per heavy atom. The molecule has 1 saturated carbocycles. The highest BCUT2D eigenvalue weighted by molar-refractivity contribution is 4.73. The minimum absolute atomic E-state index is 0.0576. The summed E-state index contributed by atoms with van der Waals surface area (Å²) < 4.78 is 5.54. The summed E-state index contributed by atoms with van der Waals surface area (Å²) in [7, 11) is 0. The van der Waals surface area contributed by atoms with E-state index in [9.17, 15) is 5.11 Å². The summed E-state index contributed by atoms with van der Waals surface area (Å²) >= 11 is 0. The molecule has 1 rings (SSSR count). The summed E-state index contributed by atoms with van der Waals surface area (Å²) in [6.07, 6.45) is 5.50. The van der Waals surface area contributed by atoms with Crippen molar-refractivity contribution in [3.8, 4) is 0 Å². The zero-order valence-electron chi connectivity index (χ0n) is 11.5. The topological polar surface area (TPSA) is 41.5 Å². The molecule has 2 atom stereocenters. The quantitative estimate of drug-likeness (QED) is 0.642. The van der Waals surface area contributed by atoms with Crippen molar-refractivity contribution in [2.75, 3.05) is 26.3 Å². The van der Waals surface area contributed by atoms with Crippen molar-refractivity contribution in [1.82, 2.24) is 5.32 Å². The SMILES string of the molecule is CC(C)CCOCCNCC1CCCC(O)C1. The van der Waals surface area contributed by atoms with Crippen molar-refractivity contribution < 1.29 is 9.84 Å². The van der Waals surface area contributed by atoms with Gasteiger partial charge >= 0.3 is 0 Å². The van der Waals surface area contributed by atoms with Gasteiger partial charge in [-0.25, -0.2) is 0 Å². The van der Waals surface area contributed by atoms with Crippen molar-refractivity contribution in [1.29, 1.82) is 0 Å². The number of ether oxygens (including phenoxy) is 1. The maximum Gasteiger partial charge on any atom is 0.0590 e. The van der Waals surface area contributed by atoms with Gasteiger partial charge in [0.2, 0.25) is 0 Å². The third-order valence-electron chi connectivity index (χ3n) is 3.45. The Bertz CT molecular complexity index is 185. The summed E-state index contributed by atoms with van der Waals surface area (Å²) in [4.78, 5) is 0. The van der Waals surface area contributed by atoms with Crippen molar-refractivity contribution in [3.63, 3.8) is 0 Å². The van der Waals surface area contributed by atoms with E-state index in [2.05, 4.69) is 19.2 Å². The number of aliphatic hydroxyl groups excluding tert-OH is 1. The van der Waals surface area contributed by atoms with E-state index in [0.29, 0.717) is 5.92 Å². The standard InChI is InChI=1S/C14H29NO2/c1-12(2)6-8-17-9-7-15-11-13-4-3-5-14(16)10-13/h12-16H,3-11H2,1-2H3. The highest BCUT2D eigenvalue weighted by Gasteiger charge is 2.19. The smallest absolute Gasteiger partial charge is 0.0590 e. The van der Waals surface area contributed by atoms with E-state index in [1.165, 1.54) is 12.8 Å². The van der Waals surface area contributed by atoms with Crippen LogP contribution in [0, 0.1) is 11.8 Å². The molecule has 0 saturated heterocycles. The van der Waals surface area contributed by atoms with Crippen molar-refractivity contribution in [2.24, 2.45) is 11.8 Å². The molecule has 1 aliphatic rings. The number of nitrogens with one attached hydrogen (secondary N) is 1. The fraction of sp³-hybridized carbons (Fsp3) is 1.00. The number of aliphatic hydroxyl groups is 1. The first-order valence-corrected chi connectivity index (χ1v) is 7.15. The van der Waals surface area contributed by atoms with E-state index >= 15 is 0 Å². The molecule has 2 N–H and O–H groups in total. The fourth-order valence-electron chi connectivity index (χ4n) is 2.32. The monoisotopic (exact) mass is 243 g/mol. The maximum atomic E-state index is 9.55. The molecule has 1 fully saturated rings. The van der Waals surface area contributed by atoms with Gasteiger partial charge < -0.3 is 15.2 Å². The second-order valence-corrected chi connectivity index (χ2v) is 5.69. The molecule has 0 aromatic rings. The normalized spacial score (nSPS) is 25.4. The van der Waals surface area contributed by atoms with E-state index in [1.807, 2.05) is 0 Å². The number of hydrogen-bond donors (Lipinski definition) is 2. The fourth-order valence-corrected chi connectivity index (χ4v) is 2.32. The third kappa shape index (κ3) is 7.74. The maximum absolute atomic E-state index is 9.55. The first kappa shape index (κ1) is 14.9. The third-order valence-corrected chi connectivity index (χ3v) is 3.45. The zero-order valence-corrected chi connectivity index (χ0v) is 11.5. The van der Waals surface area contributed by atoms with Gasteiger partial charge in [0.25, 0.3) is 0 Å². The van der Waals surface area contributed by atoms with Gasteiger partial charge in [-0.15, -0.1) is 0 Å². The molecule has 0 bridgehead atoms. The van der Waals surface area contributed by atoms with Gasteiger partial charge in [-0.05, 0) is 44.1 Å². The lowest BCUT2D eigenvalue weighted by Gasteiger charge is -2.25. The predicted molar refractivity (Wildman–Crippen MR) is 71.1 cm³/mol. The molecule has 2 unspecified atom stereocenters. The van der Waals surface area contributed by atoms with Gasteiger partial charge in [0.15, 0.2) is 0 Å². The van der Waals surface area contributed by atoms with Gasteiger partial charge in [-0.1, -0.05) is 20.3 Å². The lowest BCUT2D eigenvalue weighted by molar-refractivity contribution is 0.0971. The average Bonchev–Trinajstić information content (AvgIpc) is 2.27. The molecular formula is C14H29NO2. The highest BCUT2D eigenvalue weighted by atomic mass is 16.5. The first-order chi connectivity index (χ1) is 8.18. The first-order valence-electron chi connectivity index (χ1n) is 7.15. The Kier molecular flexibility index (Phi) is 7.82. The molecule has 0 amide bonds. The molecule has 0 spiro atoms. The molecular weight excluding hydrogens is 214 g/mol. The van der Waals surface area contributed by atoms with Crippen LogP contribution in [0.1, 0.15) is 46.0 Å². The van der Waals surface area contributed by atoms with E-state index in [-0.39, 0.29) is 6.10 Å². The average molecular weight is 243 g/mol. The molecule has 0 heterocycles. The van der Waals surface area contributed by atoms with Gasteiger partial charge in [-0.2, -0.15) is 0 Å². The second kappa shape index (κ2) is 8.90. The van der Waals surface area contributed by atoms with Gasteiger partial charge in [0, 0.05) is 13.2 Å². The molecule has 3 nitrogen and oxygen atoms in total. The molecule has 0 aromatic heterocycles. The van der Waals surface area contributed by atoms with Crippen molar-refractivity contribution in [2.45, 2.75) is 52.1 Å². The Morgan fingerprint density at radius 2 is 2.12 bits per heavy atom. The summed E-state index contributed by atoms with van der Waals surface area (Å²) in [6.45, 7) is 8.09. The van der Waals surface area contributed by atoms with Crippen LogP contribution >= 0.6 is 0 Å². The largest absolute Gasteiger partial charge is 0.393 e. The molecule has 17 heavy (non-hydrogen) atoms. The molecule has 1 aliphatic carbocycles. The minimum atomic E-state index is -0.0576. The van der Waals surface area contributed by atoms with Crippen LogP contribution in [-0.4, -0.2) is 37.5 Å². The summed E-state index contributed by atoms with van der Waals surface area (Å²) in [5, 5.41) is 13.0. The van der Waals surface area contributed by atoms with Crippen molar-refractivity contribution in [3.05, 3.63) is 0 Å². The summed E-state index contributed by atoms with van der Waals surface area (Å²) in [5.74, 6) is 1.39. The van der Waals surface area contributed by atoms with Crippen LogP contribution in [0.15, 0.2) is 0 Å². The molecule has 0 radical (unpaired) electrons. The zero-order chi connectivity index (χ0) is 12.5. The van der Waals surface area contributed by atoms with Gasteiger partial charge in [-0.3, -0.25) is 0 Å². The van der Waals surface area contributed by atoms with Crippen LogP contribution < -0.4 is 5.32 Å². The van der Waals surface area contributed by atoms with E-state index < -0.39 is 0 Å². The molecule has 3 heteroatoms. The Balaban J connectivity index is 1.86. The second-order valence-electron chi connectivity index (χ2n) is 5.69. The molecule has 0 aliphatic heterocycles. The van der Waals surface area contributed by atoms with E-state index in [0.717, 1.165) is 51.5 Å². The van der Waals surface area contributed by atoms with Crippen LogP contribution in [0.5, 0.6) is 0 Å². The van der Waals surface area contributed by atoms with Gasteiger partial charge in [0.1, 0.15) is 0 Å². The van der Waals surface area contributed by atoms with E-state index in [1.54, 1.807) is 0 Å². The van der Waals surface area contributed by atoms with Crippen LogP contribution in [-0.2, 0) is 4.74 Å². The van der Waals surface area contributed by atoms with Crippen LogP contribution in [0.4, 0.5) is 0 Å².